The van der Waals surface area contributed by atoms with Crippen LogP contribution in [0.15, 0.2) is 24.4 Å². The molecule has 0 unspecified atom stereocenters. The van der Waals surface area contributed by atoms with E-state index in [4.69, 9.17) is 19.4 Å². The highest BCUT2D eigenvalue weighted by atomic mass is 35.5. The summed E-state index contributed by atoms with van der Waals surface area (Å²) in [4.78, 5) is 3.03. The van der Waals surface area contributed by atoms with Crippen molar-refractivity contribution in [3.05, 3.63) is 29.4 Å². The summed E-state index contributed by atoms with van der Waals surface area (Å²) in [5, 5.41) is 1.73. The summed E-state index contributed by atoms with van der Waals surface area (Å²) in [6.07, 6.45) is 1.84. The van der Waals surface area contributed by atoms with Gasteiger partial charge in [0, 0.05) is 22.1 Å². The normalized spacial score (nSPS) is 10.6. The van der Waals surface area contributed by atoms with E-state index in [9.17, 15) is 0 Å². The average molecular weight is 161 g/mol. The molecule has 2 radical (unpaired) electrons. The predicted molar refractivity (Wildman–Crippen MR) is 48.7 cm³/mol. The minimum atomic E-state index is 0.676. The number of aromatic amines is 1. The lowest BCUT2D eigenvalue weighted by atomic mass is 9.94. The van der Waals surface area contributed by atoms with Crippen molar-refractivity contribution in [2.75, 3.05) is 0 Å². The number of aromatic nitrogens is 1. The third-order valence-electron chi connectivity index (χ3n) is 1.65. The standard InChI is InChI=1S/C8H5BClN/c9-7-4-6(10)3-5-1-2-11-8(5)7/h1-4,11H. The van der Waals surface area contributed by atoms with Crippen molar-refractivity contribution in [2.24, 2.45) is 0 Å². The molecule has 0 amide bonds. The Morgan fingerprint density at radius 1 is 1.36 bits per heavy atom. The maximum atomic E-state index is 5.79. The first-order valence-electron chi connectivity index (χ1n) is 3.29. The molecule has 52 valence electrons. The van der Waals surface area contributed by atoms with Crippen molar-refractivity contribution < 1.29 is 0 Å². The van der Waals surface area contributed by atoms with E-state index in [1.54, 1.807) is 6.07 Å². The monoisotopic (exact) mass is 161 g/mol. The Balaban J connectivity index is 2.91. The quantitative estimate of drug-likeness (QED) is 0.565. The highest BCUT2D eigenvalue weighted by Gasteiger charge is 1.98. The Morgan fingerprint density at radius 3 is 3.00 bits per heavy atom. The zero-order valence-corrected chi connectivity index (χ0v) is 6.52. The van der Waals surface area contributed by atoms with Gasteiger partial charge in [0.05, 0.1) is 0 Å². The van der Waals surface area contributed by atoms with Gasteiger partial charge in [0.25, 0.3) is 0 Å². The van der Waals surface area contributed by atoms with Crippen LogP contribution >= 0.6 is 11.6 Å². The van der Waals surface area contributed by atoms with Crippen molar-refractivity contribution in [1.82, 2.24) is 4.98 Å². The molecule has 0 aliphatic carbocycles. The van der Waals surface area contributed by atoms with Gasteiger partial charge in [0.1, 0.15) is 7.85 Å². The summed E-state index contributed by atoms with van der Waals surface area (Å²) in [7, 11) is 5.69. The molecule has 2 rings (SSSR count). The Labute approximate surface area is 70.8 Å². The number of hydrogen-bond acceptors (Lipinski definition) is 0. The van der Waals surface area contributed by atoms with Crippen molar-refractivity contribution in [1.29, 1.82) is 0 Å². The van der Waals surface area contributed by atoms with Gasteiger partial charge in [-0.1, -0.05) is 17.1 Å². The Bertz CT molecular complexity index is 394. The maximum absolute atomic E-state index is 5.79. The molecule has 0 atom stereocenters. The van der Waals surface area contributed by atoms with Crippen LogP contribution in [0, 0.1) is 0 Å². The van der Waals surface area contributed by atoms with Gasteiger partial charge in [0.2, 0.25) is 0 Å². The first kappa shape index (κ1) is 6.80. The van der Waals surface area contributed by atoms with Crippen LogP contribution < -0.4 is 5.46 Å². The van der Waals surface area contributed by atoms with Crippen LogP contribution in [-0.4, -0.2) is 12.8 Å². The molecule has 0 saturated heterocycles. The largest absolute Gasteiger partial charge is 0.362 e. The Hall–Kier alpha value is -0.885. The molecular weight excluding hydrogens is 156 g/mol. The maximum Gasteiger partial charge on any atom is 0.116 e. The van der Waals surface area contributed by atoms with E-state index in [0.717, 1.165) is 10.9 Å². The molecule has 1 N–H and O–H groups in total. The highest BCUT2D eigenvalue weighted by molar-refractivity contribution is 6.41. The van der Waals surface area contributed by atoms with Crippen LogP contribution in [0.25, 0.3) is 10.9 Å². The van der Waals surface area contributed by atoms with Gasteiger partial charge in [-0.15, -0.1) is 0 Å². The average Bonchev–Trinajstić information content (AvgIpc) is 2.34. The van der Waals surface area contributed by atoms with Crippen LogP contribution in [0.4, 0.5) is 0 Å². The number of rotatable bonds is 0. The fraction of sp³-hybridized carbons (Fsp3) is 0. The summed E-state index contributed by atoms with van der Waals surface area (Å²) in [6.45, 7) is 0. The molecule has 3 heteroatoms. The van der Waals surface area contributed by atoms with Gasteiger partial charge in [-0.2, -0.15) is 0 Å². The summed E-state index contributed by atoms with van der Waals surface area (Å²) in [5.41, 5.74) is 1.65. The van der Waals surface area contributed by atoms with E-state index in [1.807, 2.05) is 18.3 Å². The molecule has 0 bridgehead atoms. The minimum absolute atomic E-state index is 0.676. The van der Waals surface area contributed by atoms with Crippen LogP contribution in [0.1, 0.15) is 0 Å². The van der Waals surface area contributed by atoms with Crippen molar-refractivity contribution in [3.63, 3.8) is 0 Å². The SMILES string of the molecule is [B]c1cc(Cl)cc2cc[nH]c12. The molecule has 1 nitrogen and oxygen atoms in total. The molecule has 0 aliphatic heterocycles. The van der Waals surface area contributed by atoms with Crippen molar-refractivity contribution in [3.8, 4) is 0 Å². The fourth-order valence-electron chi connectivity index (χ4n) is 1.16. The second kappa shape index (κ2) is 2.31. The molecule has 0 spiro atoms. The van der Waals surface area contributed by atoms with Gasteiger partial charge in [-0.25, -0.2) is 0 Å². The molecule has 1 heterocycles. The summed E-state index contributed by atoms with van der Waals surface area (Å²) < 4.78 is 0. The smallest absolute Gasteiger partial charge is 0.116 e. The molecule has 11 heavy (non-hydrogen) atoms. The van der Waals surface area contributed by atoms with Crippen molar-refractivity contribution >= 4 is 35.8 Å². The van der Waals surface area contributed by atoms with E-state index in [1.165, 1.54) is 0 Å². The van der Waals surface area contributed by atoms with Gasteiger partial charge in [0.15, 0.2) is 0 Å². The van der Waals surface area contributed by atoms with Crippen molar-refractivity contribution in [2.45, 2.75) is 0 Å². The second-order valence-electron chi connectivity index (χ2n) is 2.44. The zero-order valence-electron chi connectivity index (χ0n) is 5.76. The topological polar surface area (TPSA) is 15.8 Å². The van der Waals surface area contributed by atoms with E-state index in [2.05, 4.69) is 4.98 Å². The molecule has 0 saturated carbocycles. The first-order chi connectivity index (χ1) is 5.27. The van der Waals surface area contributed by atoms with E-state index in [0.29, 0.717) is 10.5 Å². The molecule has 0 aliphatic rings. The second-order valence-corrected chi connectivity index (χ2v) is 2.87. The van der Waals surface area contributed by atoms with Crippen LogP contribution in [-0.2, 0) is 0 Å². The van der Waals surface area contributed by atoms with Gasteiger partial charge < -0.3 is 4.98 Å². The lowest BCUT2D eigenvalue weighted by Gasteiger charge is -1.96. The van der Waals surface area contributed by atoms with Crippen LogP contribution in [0.2, 0.25) is 5.02 Å². The number of nitrogens with one attached hydrogen (secondary N) is 1. The lowest BCUT2D eigenvalue weighted by molar-refractivity contribution is 1.49. The van der Waals surface area contributed by atoms with Gasteiger partial charge >= 0.3 is 0 Å². The molecular formula is C8H5BClN. The van der Waals surface area contributed by atoms with Crippen LogP contribution in [0.3, 0.4) is 0 Å². The predicted octanol–water partition coefficient (Wildman–Crippen LogP) is 1.62. The third-order valence-corrected chi connectivity index (χ3v) is 1.87. The molecule has 1 aromatic carbocycles. The zero-order chi connectivity index (χ0) is 7.84. The highest BCUT2D eigenvalue weighted by Crippen LogP contribution is 2.15. The van der Waals surface area contributed by atoms with E-state index >= 15 is 0 Å². The lowest BCUT2D eigenvalue weighted by Crippen LogP contribution is -2.02. The minimum Gasteiger partial charge on any atom is -0.362 e. The van der Waals surface area contributed by atoms with E-state index < -0.39 is 0 Å². The Morgan fingerprint density at radius 2 is 2.18 bits per heavy atom. The molecule has 2 aromatic rings. The molecule has 0 fully saturated rings. The number of hydrogen-bond donors (Lipinski definition) is 1. The number of benzene rings is 1. The number of fused-ring (bicyclic) bond motifs is 1. The Kier molecular flexibility index (Phi) is 1.43. The van der Waals surface area contributed by atoms with Crippen LogP contribution in [0.5, 0.6) is 0 Å². The summed E-state index contributed by atoms with van der Waals surface area (Å²) >= 11 is 5.79. The number of H-pyrrole nitrogens is 1. The first-order valence-corrected chi connectivity index (χ1v) is 3.67. The van der Waals surface area contributed by atoms with E-state index in [-0.39, 0.29) is 0 Å². The number of halogens is 1. The summed E-state index contributed by atoms with van der Waals surface area (Å²) in [5.74, 6) is 0. The summed E-state index contributed by atoms with van der Waals surface area (Å²) in [6, 6.07) is 5.56. The fourth-order valence-corrected chi connectivity index (χ4v) is 1.40. The van der Waals surface area contributed by atoms with Gasteiger partial charge in [-0.05, 0) is 18.2 Å². The molecule has 1 aromatic heterocycles. The van der Waals surface area contributed by atoms with Gasteiger partial charge in [-0.3, -0.25) is 0 Å². The third kappa shape index (κ3) is 1.03.